The van der Waals surface area contributed by atoms with Crippen LogP contribution >= 0.6 is 0 Å². The molecule has 1 aromatic carbocycles. The Morgan fingerprint density at radius 1 is 1.19 bits per heavy atom. The van der Waals surface area contributed by atoms with E-state index in [0.717, 1.165) is 0 Å². The molecule has 0 aliphatic rings. The quantitative estimate of drug-likeness (QED) is 0.833. The molecule has 0 heterocycles. The summed E-state index contributed by atoms with van der Waals surface area (Å²) in [6, 6.07) is 4.12. The van der Waals surface area contributed by atoms with Crippen molar-refractivity contribution in [3.63, 3.8) is 0 Å². The second kappa shape index (κ2) is 4.91. The highest BCUT2D eigenvalue weighted by atomic mass is 19.1. The largest absolute Gasteiger partial charge is 0.309 e. The van der Waals surface area contributed by atoms with Crippen molar-refractivity contribution in [2.75, 3.05) is 0 Å². The predicted octanol–water partition coefficient (Wildman–Crippen LogP) is 3.49. The van der Waals surface area contributed by atoms with Crippen molar-refractivity contribution in [2.24, 2.45) is 5.41 Å². The van der Waals surface area contributed by atoms with E-state index in [1.807, 2.05) is 6.92 Å². The van der Waals surface area contributed by atoms with Crippen LogP contribution < -0.4 is 5.32 Å². The normalized spacial score (nSPS) is 13.9. The lowest BCUT2D eigenvalue weighted by molar-refractivity contribution is 0.283. The van der Waals surface area contributed by atoms with Gasteiger partial charge in [-0.05, 0) is 24.5 Å². The third kappa shape index (κ3) is 3.27. The maximum atomic E-state index is 13.3. The fourth-order valence-corrected chi connectivity index (χ4v) is 1.26. The van der Waals surface area contributed by atoms with Crippen molar-refractivity contribution in [3.8, 4) is 0 Å². The van der Waals surface area contributed by atoms with Crippen LogP contribution in [0.2, 0.25) is 0 Å². The molecule has 0 radical (unpaired) electrons. The number of benzene rings is 1. The lowest BCUT2D eigenvalue weighted by atomic mass is 9.88. The van der Waals surface area contributed by atoms with Crippen LogP contribution in [0.15, 0.2) is 18.2 Å². The Kier molecular flexibility index (Phi) is 4.03. The fourth-order valence-electron chi connectivity index (χ4n) is 1.26. The predicted molar refractivity (Wildman–Crippen MR) is 62.1 cm³/mol. The van der Waals surface area contributed by atoms with Crippen LogP contribution in [0, 0.1) is 17.0 Å². The second-order valence-electron chi connectivity index (χ2n) is 5.17. The summed E-state index contributed by atoms with van der Waals surface area (Å²) in [6.45, 7) is 8.49. The summed E-state index contributed by atoms with van der Waals surface area (Å²) in [5.74, 6) is -0.984. The lowest BCUT2D eigenvalue weighted by Gasteiger charge is -2.28. The summed E-state index contributed by atoms with van der Waals surface area (Å²) in [5, 5.41) is 3.14. The first-order valence-electron chi connectivity index (χ1n) is 5.48. The van der Waals surface area contributed by atoms with Crippen molar-refractivity contribution in [1.82, 2.24) is 5.32 Å². The molecule has 1 aromatic rings. The number of rotatable bonds is 3. The van der Waals surface area contributed by atoms with E-state index in [4.69, 9.17) is 0 Å². The Morgan fingerprint density at radius 3 is 2.12 bits per heavy atom. The van der Waals surface area contributed by atoms with Gasteiger partial charge in [-0.25, -0.2) is 8.78 Å². The molecule has 0 spiro atoms. The third-order valence-corrected chi connectivity index (χ3v) is 2.95. The number of hydrogen-bond acceptors (Lipinski definition) is 1. The minimum Gasteiger partial charge on any atom is -0.309 e. The van der Waals surface area contributed by atoms with Gasteiger partial charge in [0.2, 0.25) is 0 Å². The Hall–Kier alpha value is -0.960. The van der Waals surface area contributed by atoms with Gasteiger partial charge >= 0.3 is 0 Å². The van der Waals surface area contributed by atoms with Crippen LogP contribution in [-0.4, -0.2) is 6.04 Å². The molecule has 3 heteroatoms. The Bertz CT molecular complexity index is 335. The monoisotopic (exact) mass is 227 g/mol. The summed E-state index contributed by atoms with van der Waals surface area (Å²) in [7, 11) is 0. The van der Waals surface area contributed by atoms with Gasteiger partial charge in [0.1, 0.15) is 11.6 Å². The zero-order chi connectivity index (χ0) is 12.3. The first-order chi connectivity index (χ1) is 7.32. The summed E-state index contributed by atoms with van der Waals surface area (Å²) in [5.41, 5.74) is 0.181. The highest BCUT2D eigenvalue weighted by molar-refractivity contribution is 5.19. The second-order valence-corrected chi connectivity index (χ2v) is 5.17. The molecule has 1 nitrogen and oxygen atoms in total. The Morgan fingerprint density at radius 2 is 1.69 bits per heavy atom. The fraction of sp³-hybridized carbons (Fsp3) is 0.538. The maximum absolute atomic E-state index is 13.3. The molecule has 1 atom stereocenters. The topological polar surface area (TPSA) is 12.0 Å². The van der Waals surface area contributed by atoms with Crippen LogP contribution in [-0.2, 0) is 6.54 Å². The molecule has 0 saturated heterocycles. The van der Waals surface area contributed by atoms with Crippen molar-refractivity contribution >= 4 is 0 Å². The van der Waals surface area contributed by atoms with E-state index < -0.39 is 11.6 Å². The van der Waals surface area contributed by atoms with Gasteiger partial charge in [-0.1, -0.05) is 26.8 Å². The summed E-state index contributed by atoms with van der Waals surface area (Å²) < 4.78 is 26.6. The van der Waals surface area contributed by atoms with Gasteiger partial charge in [0.05, 0.1) is 0 Å². The lowest BCUT2D eigenvalue weighted by Crippen LogP contribution is -2.37. The van der Waals surface area contributed by atoms with Crippen molar-refractivity contribution < 1.29 is 8.78 Å². The third-order valence-electron chi connectivity index (χ3n) is 2.95. The summed E-state index contributed by atoms with van der Waals surface area (Å²) in [6.07, 6.45) is 0. The first-order valence-corrected chi connectivity index (χ1v) is 5.48. The molecule has 1 N–H and O–H groups in total. The van der Waals surface area contributed by atoms with E-state index in [1.165, 1.54) is 18.2 Å². The first kappa shape index (κ1) is 13.1. The number of nitrogens with one attached hydrogen (secondary N) is 1. The molecule has 0 aliphatic carbocycles. The van der Waals surface area contributed by atoms with E-state index in [-0.39, 0.29) is 23.6 Å². The average Bonchev–Trinajstić information content (AvgIpc) is 2.15. The molecule has 0 bridgehead atoms. The molecule has 0 aliphatic heterocycles. The van der Waals surface area contributed by atoms with Crippen molar-refractivity contribution in [1.29, 1.82) is 0 Å². The van der Waals surface area contributed by atoms with E-state index in [1.54, 1.807) is 0 Å². The van der Waals surface area contributed by atoms with Crippen LogP contribution in [0.25, 0.3) is 0 Å². The molecule has 0 aromatic heterocycles. The number of halogens is 2. The van der Waals surface area contributed by atoms with Gasteiger partial charge in [0.15, 0.2) is 0 Å². The molecule has 90 valence electrons. The zero-order valence-electron chi connectivity index (χ0n) is 10.3. The molecule has 16 heavy (non-hydrogen) atoms. The van der Waals surface area contributed by atoms with Gasteiger partial charge in [-0.15, -0.1) is 0 Å². The summed E-state index contributed by atoms with van der Waals surface area (Å²) >= 11 is 0. The summed E-state index contributed by atoms with van der Waals surface area (Å²) in [4.78, 5) is 0. The van der Waals surface area contributed by atoms with Gasteiger partial charge in [0, 0.05) is 18.2 Å². The highest BCUT2D eigenvalue weighted by Crippen LogP contribution is 2.19. The molecule has 0 saturated carbocycles. The van der Waals surface area contributed by atoms with Gasteiger partial charge < -0.3 is 5.32 Å². The zero-order valence-corrected chi connectivity index (χ0v) is 10.3. The molecule has 0 fully saturated rings. The van der Waals surface area contributed by atoms with Crippen LogP contribution in [0.3, 0.4) is 0 Å². The molecular weight excluding hydrogens is 208 g/mol. The maximum Gasteiger partial charge on any atom is 0.130 e. The van der Waals surface area contributed by atoms with Crippen LogP contribution in [0.5, 0.6) is 0 Å². The molecule has 1 unspecified atom stereocenters. The number of hydrogen-bond donors (Lipinski definition) is 1. The SMILES string of the molecule is CC(NCc1c(F)cccc1F)C(C)(C)C. The van der Waals surface area contributed by atoms with Gasteiger partial charge in [-0.2, -0.15) is 0 Å². The smallest absolute Gasteiger partial charge is 0.130 e. The van der Waals surface area contributed by atoms with Gasteiger partial charge in [-0.3, -0.25) is 0 Å². The molecular formula is C13H19F2N. The average molecular weight is 227 g/mol. The van der Waals surface area contributed by atoms with Crippen molar-refractivity contribution in [3.05, 3.63) is 35.4 Å². The van der Waals surface area contributed by atoms with Crippen LogP contribution in [0.4, 0.5) is 8.78 Å². The molecule has 0 amide bonds. The Labute approximate surface area is 95.9 Å². The Balaban J connectivity index is 2.69. The minimum atomic E-state index is -0.492. The van der Waals surface area contributed by atoms with E-state index >= 15 is 0 Å². The van der Waals surface area contributed by atoms with Crippen molar-refractivity contribution in [2.45, 2.75) is 40.3 Å². The van der Waals surface area contributed by atoms with E-state index in [9.17, 15) is 8.78 Å². The standard InChI is InChI=1S/C13H19F2N/c1-9(13(2,3)4)16-8-10-11(14)6-5-7-12(10)15/h5-7,9,16H,8H2,1-4H3. The molecule has 1 rings (SSSR count). The van der Waals surface area contributed by atoms with Gasteiger partial charge in [0.25, 0.3) is 0 Å². The minimum absolute atomic E-state index is 0.0712. The van der Waals surface area contributed by atoms with E-state index in [2.05, 4.69) is 26.1 Å². The highest BCUT2D eigenvalue weighted by Gasteiger charge is 2.20. The van der Waals surface area contributed by atoms with E-state index in [0.29, 0.717) is 0 Å². The van der Waals surface area contributed by atoms with Crippen LogP contribution in [0.1, 0.15) is 33.3 Å².